The summed E-state index contributed by atoms with van der Waals surface area (Å²) in [5.74, 6) is -3.17. The summed E-state index contributed by atoms with van der Waals surface area (Å²) in [5.41, 5.74) is -0.496. The van der Waals surface area contributed by atoms with Crippen LogP contribution in [-0.2, 0) is 6.18 Å². The first-order valence-electron chi connectivity index (χ1n) is 6.53. The van der Waals surface area contributed by atoms with Gasteiger partial charge in [0.15, 0.2) is 0 Å². The molecule has 25 heavy (non-hydrogen) atoms. The summed E-state index contributed by atoms with van der Waals surface area (Å²) in [6.45, 7) is 1.61. The number of aromatic carboxylic acids is 2. The van der Waals surface area contributed by atoms with Crippen LogP contribution in [0.4, 0.5) is 17.6 Å². The van der Waals surface area contributed by atoms with Gasteiger partial charge in [0, 0.05) is 4.47 Å². The van der Waals surface area contributed by atoms with Gasteiger partial charge in [-0.25, -0.2) is 14.0 Å². The third-order valence-corrected chi connectivity index (χ3v) is 3.77. The van der Waals surface area contributed by atoms with Crippen LogP contribution in [0, 0.1) is 12.7 Å². The summed E-state index contributed by atoms with van der Waals surface area (Å²) in [7, 11) is 0. The Kier molecular flexibility index (Phi) is 6.69. The van der Waals surface area contributed by atoms with Crippen LogP contribution in [0.1, 0.15) is 31.8 Å². The van der Waals surface area contributed by atoms with Crippen molar-refractivity contribution in [3.63, 3.8) is 0 Å². The van der Waals surface area contributed by atoms with E-state index in [0.29, 0.717) is 11.6 Å². The van der Waals surface area contributed by atoms with Gasteiger partial charge in [-0.1, -0.05) is 12.1 Å². The molecule has 0 spiro atoms. The highest BCUT2D eigenvalue weighted by molar-refractivity contribution is 9.10. The highest BCUT2D eigenvalue weighted by Gasteiger charge is 2.30. The average molecular weight is 423 g/mol. The summed E-state index contributed by atoms with van der Waals surface area (Å²) in [5, 5.41) is 17.6. The molecule has 2 aromatic carbocycles. The molecule has 0 atom stereocenters. The molecule has 0 saturated heterocycles. The van der Waals surface area contributed by atoms with Gasteiger partial charge in [0.05, 0.1) is 16.7 Å². The molecule has 9 heteroatoms. The van der Waals surface area contributed by atoms with Crippen molar-refractivity contribution in [2.45, 2.75) is 13.1 Å². The van der Waals surface area contributed by atoms with Gasteiger partial charge < -0.3 is 10.2 Å². The Hall–Kier alpha value is -2.42. The quantitative estimate of drug-likeness (QED) is 0.667. The average Bonchev–Trinajstić information content (AvgIpc) is 2.46. The predicted octanol–water partition coefficient (Wildman–Crippen LogP) is 5.00. The number of carboxylic acid groups (broad SMARTS) is 2. The Balaban J connectivity index is 0.000000257. The maximum atomic E-state index is 12.2. The van der Waals surface area contributed by atoms with Crippen LogP contribution in [-0.4, -0.2) is 22.2 Å². The van der Waals surface area contributed by atoms with E-state index in [2.05, 4.69) is 15.9 Å². The van der Waals surface area contributed by atoms with Crippen molar-refractivity contribution in [1.82, 2.24) is 0 Å². The monoisotopic (exact) mass is 422 g/mol. The number of alkyl halides is 3. The van der Waals surface area contributed by atoms with E-state index in [9.17, 15) is 27.2 Å². The standard InChI is InChI=1S/C9H7BrO4.C7H4F4/c1-4-2-3-5(8(11)12)7(10)6(4)9(13)14;8-6-3-1-2-5(4-6)7(9,10)11/h2-3H,1H3,(H,11,12)(H,13,14);1-4H. The number of hydrogen-bond acceptors (Lipinski definition) is 2. The number of aryl methyl sites for hydroxylation is 1. The Morgan fingerprint density at radius 3 is 2.04 bits per heavy atom. The molecule has 2 aromatic rings. The van der Waals surface area contributed by atoms with Gasteiger partial charge in [-0.15, -0.1) is 0 Å². The molecule has 0 saturated carbocycles. The molecule has 0 aliphatic rings. The maximum absolute atomic E-state index is 12.2. The number of halogens is 5. The van der Waals surface area contributed by atoms with Crippen molar-refractivity contribution in [2.24, 2.45) is 0 Å². The molecule has 0 aliphatic carbocycles. The predicted molar refractivity (Wildman–Crippen MR) is 84.2 cm³/mol. The summed E-state index contributed by atoms with van der Waals surface area (Å²) in [6, 6.07) is 6.11. The van der Waals surface area contributed by atoms with Gasteiger partial charge in [0.25, 0.3) is 0 Å². The zero-order chi connectivity index (χ0) is 19.4. The minimum Gasteiger partial charge on any atom is -0.478 e. The minimum absolute atomic E-state index is 0.00935. The van der Waals surface area contributed by atoms with Crippen LogP contribution >= 0.6 is 15.9 Å². The summed E-state index contributed by atoms with van der Waals surface area (Å²) >= 11 is 2.97. The molecule has 0 unspecified atom stereocenters. The van der Waals surface area contributed by atoms with Crippen LogP contribution in [0.15, 0.2) is 40.9 Å². The fraction of sp³-hybridized carbons (Fsp3) is 0.125. The van der Waals surface area contributed by atoms with Gasteiger partial charge >= 0.3 is 18.1 Å². The largest absolute Gasteiger partial charge is 0.478 e. The van der Waals surface area contributed by atoms with Crippen LogP contribution in [0.25, 0.3) is 0 Å². The van der Waals surface area contributed by atoms with E-state index in [-0.39, 0.29) is 15.6 Å². The molecule has 0 radical (unpaired) electrons. The molecular weight excluding hydrogens is 412 g/mol. The fourth-order valence-corrected chi connectivity index (χ4v) is 2.55. The zero-order valence-corrected chi connectivity index (χ0v) is 14.2. The second-order valence-corrected chi connectivity index (χ2v) is 5.53. The molecule has 0 aromatic heterocycles. The van der Waals surface area contributed by atoms with E-state index >= 15 is 0 Å². The molecular formula is C16H11BrF4O4. The van der Waals surface area contributed by atoms with Gasteiger partial charge in [0.2, 0.25) is 0 Å². The molecule has 2 N–H and O–H groups in total. The van der Waals surface area contributed by atoms with Gasteiger partial charge in [0.1, 0.15) is 5.82 Å². The number of hydrogen-bond donors (Lipinski definition) is 2. The molecule has 0 bridgehead atoms. The van der Waals surface area contributed by atoms with Crippen molar-refractivity contribution in [3.05, 3.63) is 68.9 Å². The Labute approximate surface area is 147 Å². The highest BCUT2D eigenvalue weighted by atomic mass is 79.9. The van der Waals surface area contributed by atoms with Crippen molar-refractivity contribution < 1.29 is 37.4 Å². The maximum Gasteiger partial charge on any atom is 0.416 e. The van der Waals surface area contributed by atoms with Crippen molar-refractivity contribution >= 4 is 27.9 Å². The molecule has 0 heterocycles. The van der Waals surface area contributed by atoms with Gasteiger partial charge in [-0.3, -0.25) is 0 Å². The number of benzene rings is 2. The van der Waals surface area contributed by atoms with E-state index in [1.807, 2.05) is 0 Å². The molecule has 134 valence electrons. The Bertz CT molecular complexity index is 803. The first-order valence-corrected chi connectivity index (χ1v) is 7.33. The lowest BCUT2D eigenvalue weighted by molar-refractivity contribution is -0.137. The highest BCUT2D eigenvalue weighted by Crippen LogP contribution is 2.29. The van der Waals surface area contributed by atoms with Crippen molar-refractivity contribution in [3.8, 4) is 0 Å². The molecule has 4 nitrogen and oxygen atoms in total. The van der Waals surface area contributed by atoms with Crippen LogP contribution in [0.3, 0.4) is 0 Å². The fourth-order valence-electron chi connectivity index (χ4n) is 1.77. The smallest absolute Gasteiger partial charge is 0.416 e. The van der Waals surface area contributed by atoms with E-state index in [1.54, 1.807) is 6.92 Å². The normalized spacial score (nSPS) is 10.6. The molecule has 0 fully saturated rings. The van der Waals surface area contributed by atoms with Crippen molar-refractivity contribution in [2.75, 3.05) is 0 Å². The molecule has 2 rings (SSSR count). The summed E-state index contributed by atoms with van der Waals surface area (Å²) < 4.78 is 47.7. The zero-order valence-electron chi connectivity index (χ0n) is 12.6. The van der Waals surface area contributed by atoms with E-state index in [1.165, 1.54) is 12.1 Å². The van der Waals surface area contributed by atoms with Gasteiger partial charge in [-0.2, -0.15) is 13.2 Å². The van der Waals surface area contributed by atoms with Crippen LogP contribution in [0.5, 0.6) is 0 Å². The summed E-state index contributed by atoms with van der Waals surface area (Å²) in [4.78, 5) is 21.5. The number of carbonyl (C=O) groups is 2. The van der Waals surface area contributed by atoms with Gasteiger partial charge in [-0.05, 0) is 52.7 Å². The van der Waals surface area contributed by atoms with E-state index < -0.39 is 29.5 Å². The van der Waals surface area contributed by atoms with E-state index in [4.69, 9.17) is 10.2 Å². The summed E-state index contributed by atoms with van der Waals surface area (Å²) in [6.07, 6.45) is -4.46. The second-order valence-electron chi connectivity index (χ2n) is 4.74. The number of rotatable bonds is 2. The van der Waals surface area contributed by atoms with Crippen LogP contribution in [0.2, 0.25) is 0 Å². The minimum atomic E-state index is -4.46. The Morgan fingerprint density at radius 2 is 1.64 bits per heavy atom. The third kappa shape index (κ3) is 5.56. The molecule has 0 aliphatic heterocycles. The van der Waals surface area contributed by atoms with E-state index in [0.717, 1.165) is 18.2 Å². The Morgan fingerprint density at radius 1 is 1.04 bits per heavy atom. The van der Waals surface area contributed by atoms with Crippen molar-refractivity contribution in [1.29, 1.82) is 0 Å². The lowest BCUT2D eigenvalue weighted by Gasteiger charge is -2.06. The lowest BCUT2D eigenvalue weighted by Crippen LogP contribution is -2.06. The lowest BCUT2D eigenvalue weighted by atomic mass is 10.1. The number of carboxylic acids is 2. The van der Waals surface area contributed by atoms with Crippen LogP contribution < -0.4 is 0 Å². The topological polar surface area (TPSA) is 74.6 Å². The third-order valence-electron chi connectivity index (χ3n) is 2.95. The second kappa shape index (κ2) is 8.11. The molecule has 0 amide bonds. The first-order chi connectivity index (χ1) is 11.4. The SMILES string of the molecule is Cc1ccc(C(=O)O)c(Br)c1C(=O)O.Fc1cccc(C(F)(F)F)c1. The first kappa shape index (κ1) is 20.6.